The smallest absolute Gasteiger partial charge is 0.166 e. The van der Waals surface area contributed by atoms with Gasteiger partial charge in [-0.25, -0.2) is 14.4 Å². The van der Waals surface area contributed by atoms with Gasteiger partial charge in [-0.15, -0.1) is 0 Å². The van der Waals surface area contributed by atoms with E-state index in [1.165, 1.54) is 24.5 Å². The van der Waals surface area contributed by atoms with Gasteiger partial charge in [0.2, 0.25) is 0 Å². The largest absolute Gasteiger partial charge is 0.504 e. The summed E-state index contributed by atoms with van der Waals surface area (Å²) in [6.45, 7) is 0. The first-order chi connectivity index (χ1) is 14.5. The first-order valence-corrected chi connectivity index (χ1v) is 10.5. The molecule has 5 rings (SSSR count). The zero-order valence-electron chi connectivity index (χ0n) is 15.8. The SMILES string of the molecule is Oc1cc2ncnc(Nc3ccc(Cl)c(Cl)c3F)c2cc1O[C@@H]1C[C@H]2CC[C@@H](C1)N2. The number of piperidine rings is 1. The molecular formula is C21H19Cl2FN4O2. The Kier molecular flexibility index (Phi) is 5.05. The molecule has 2 fully saturated rings. The van der Waals surface area contributed by atoms with E-state index in [0.29, 0.717) is 34.6 Å². The van der Waals surface area contributed by atoms with Crippen LogP contribution in [0.15, 0.2) is 30.6 Å². The molecule has 2 saturated heterocycles. The Bertz CT molecular complexity index is 1120. The fourth-order valence-electron chi connectivity index (χ4n) is 4.30. The molecule has 3 N–H and O–H groups in total. The summed E-state index contributed by atoms with van der Waals surface area (Å²) in [5.41, 5.74) is 0.637. The average molecular weight is 449 g/mol. The summed E-state index contributed by atoms with van der Waals surface area (Å²) in [5, 5.41) is 17.5. The molecule has 0 amide bonds. The maximum absolute atomic E-state index is 14.5. The summed E-state index contributed by atoms with van der Waals surface area (Å²) in [5.74, 6) is 0.0730. The number of hydrogen-bond donors (Lipinski definition) is 3. The Morgan fingerprint density at radius 2 is 1.90 bits per heavy atom. The van der Waals surface area contributed by atoms with E-state index in [9.17, 15) is 9.50 Å². The van der Waals surface area contributed by atoms with Crippen molar-refractivity contribution < 1.29 is 14.2 Å². The summed E-state index contributed by atoms with van der Waals surface area (Å²) in [4.78, 5) is 8.44. The van der Waals surface area contributed by atoms with Gasteiger partial charge in [-0.2, -0.15) is 0 Å². The van der Waals surface area contributed by atoms with Gasteiger partial charge >= 0.3 is 0 Å². The molecule has 3 heterocycles. The predicted molar refractivity (Wildman–Crippen MR) is 115 cm³/mol. The molecule has 0 radical (unpaired) electrons. The average Bonchev–Trinajstić information content (AvgIpc) is 3.07. The molecule has 30 heavy (non-hydrogen) atoms. The highest BCUT2D eigenvalue weighted by molar-refractivity contribution is 6.42. The highest BCUT2D eigenvalue weighted by Crippen LogP contribution is 2.38. The van der Waals surface area contributed by atoms with Crippen molar-refractivity contribution in [2.45, 2.75) is 43.9 Å². The number of phenols is 1. The van der Waals surface area contributed by atoms with E-state index in [-0.39, 0.29) is 27.6 Å². The van der Waals surface area contributed by atoms with Crippen LogP contribution in [0.2, 0.25) is 10.0 Å². The minimum absolute atomic E-state index is 0.0127. The zero-order chi connectivity index (χ0) is 20.8. The van der Waals surface area contributed by atoms with Crippen LogP contribution < -0.4 is 15.4 Å². The maximum atomic E-state index is 14.5. The van der Waals surface area contributed by atoms with E-state index < -0.39 is 5.82 Å². The number of anilines is 2. The van der Waals surface area contributed by atoms with Gasteiger partial charge in [0.1, 0.15) is 18.2 Å². The standard InChI is InChI=1S/C21H19Cl2FN4O2/c22-14-3-4-15(20(24)19(14)23)28-21-13-7-18(17(29)8-16(13)25-9-26-21)30-12-5-10-1-2-11(6-12)27-10/h3-4,7-12,27,29H,1-2,5-6H2,(H,25,26,28)/t10-,11+,12-. The normalized spacial score (nSPS) is 23.0. The molecule has 2 aliphatic rings. The lowest BCUT2D eigenvalue weighted by Gasteiger charge is -2.29. The van der Waals surface area contributed by atoms with E-state index in [1.807, 2.05) is 0 Å². The fourth-order valence-corrected chi connectivity index (χ4v) is 4.61. The molecule has 2 bridgehead atoms. The van der Waals surface area contributed by atoms with Crippen molar-refractivity contribution in [3.05, 3.63) is 46.5 Å². The third-order valence-corrected chi connectivity index (χ3v) is 6.51. The van der Waals surface area contributed by atoms with Crippen molar-refractivity contribution in [3.8, 4) is 11.5 Å². The van der Waals surface area contributed by atoms with E-state index in [0.717, 1.165) is 25.7 Å². The quantitative estimate of drug-likeness (QED) is 0.476. The van der Waals surface area contributed by atoms with Crippen LogP contribution in [0.4, 0.5) is 15.9 Å². The lowest BCUT2D eigenvalue weighted by molar-refractivity contribution is 0.133. The van der Waals surface area contributed by atoms with Crippen molar-refractivity contribution in [1.29, 1.82) is 0 Å². The number of aromatic hydroxyl groups is 1. The van der Waals surface area contributed by atoms with Gasteiger partial charge in [0.05, 0.1) is 21.2 Å². The van der Waals surface area contributed by atoms with Gasteiger partial charge in [0.15, 0.2) is 17.3 Å². The molecular weight excluding hydrogens is 430 g/mol. The number of nitrogens with one attached hydrogen (secondary N) is 2. The van der Waals surface area contributed by atoms with Crippen molar-refractivity contribution >= 4 is 45.6 Å². The summed E-state index contributed by atoms with van der Waals surface area (Å²) in [7, 11) is 0. The molecule has 1 aromatic heterocycles. The second-order valence-electron chi connectivity index (χ2n) is 7.76. The van der Waals surface area contributed by atoms with Gasteiger partial charge in [-0.3, -0.25) is 0 Å². The Morgan fingerprint density at radius 3 is 2.67 bits per heavy atom. The number of fused-ring (bicyclic) bond motifs is 3. The van der Waals surface area contributed by atoms with Crippen molar-refractivity contribution in [2.75, 3.05) is 5.32 Å². The molecule has 0 aliphatic carbocycles. The Labute approximate surface area is 182 Å². The third kappa shape index (κ3) is 3.62. The van der Waals surface area contributed by atoms with E-state index in [4.69, 9.17) is 27.9 Å². The lowest BCUT2D eigenvalue weighted by Crippen LogP contribution is -2.42. The molecule has 0 spiro atoms. The number of ether oxygens (including phenoxy) is 1. The molecule has 0 saturated carbocycles. The first kappa shape index (κ1) is 19.6. The summed E-state index contributed by atoms with van der Waals surface area (Å²) < 4.78 is 20.6. The van der Waals surface area contributed by atoms with E-state index in [1.54, 1.807) is 6.07 Å². The number of phenolic OH excluding ortho intramolecular Hbond substituents is 1. The monoisotopic (exact) mass is 448 g/mol. The lowest BCUT2D eigenvalue weighted by atomic mass is 10.0. The molecule has 3 aromatic rings. The third-order valence-electron chi connectivity index (χ3n) is 5.73. The highest BCUT2D eigenvalue weighted by Gasteiger charge is 2.34. The fraction of sp³-hybridized carbons (Fsp3) is 0.333. The van der Waals surface area contributed by atoms with Crippen molar-refractivity contribution in [2.24, 2.45) is 0 Å². The molecule has 0 unspecified atom stereocenters. The molecule has 3 atom stereocenters. The summed E-state index contributed by atoms with van der Waals surface area (Å²) >= 11 is 11.8. The Balaban J connectivity index is 1.48. The molecule has 6 nitrogen and oxygen atoms in total. The number of hydrogen-bond acceptors (Lipinski definition) is 6. The van der Waals surface area contributed by atoms with Gasteiger partial charge in [-0.1, -0.05) is 23.2 Å². The number of nitrogens with zero attached hydrogens (tertiary/aromatic N) is 2. The van der Waals surface area contributed by atoms with Crippen LogP contribution in [0.5, 0.6) is 11.5 Å². The van der Waals surface area contributed by atoms with Crippen LogP contribution in [0.3, 0.4) is 0 Å². The van der Waals surface area contributed by atoms with Gasteiger partial charge in [-0.05, 0) is 43.9 Å². The van der Waals surface area contributed by atoms with Crippen LogP contribution in [0.25, 0.3) is 10.9 Å². The van der Waals surface area contributed by atoms with E-state index in [2.05, 4.69) is 20.6 Å². The van der Waals surface area contributed by atoms with Gasteiger partial charge in [0, 0.05) is 23.5 Å². The minimum atomic E-state index is -0.670. The van der Waals surface area contributed by atoms with E-state index >= 15 is 0 Å². The van der Waals surface area contributed by atoms with Crippen molar-refractivity contribution in [1.82, 2.24) is 15.3 Å². The molecule has 9 heteroatoms. The predicted octanol–water partition coefficient (Wildman–Crippen LogP) is 5.19. The van der Waals surface area contributed by atoms with Crippen LogP contribution >= 0.6 is 23.2 Å². The van der Waals surface area contributed by atoms with Crippen LogP contribution in [-0.4, -0.2) is 33.3 Å². The second-order valence-corrected chi connectivity index (χ2v) is 8.54. The maximum Gasteiger partial charge on any atom is 0.166 e. The number of benzene rings is 2. The van der Waals surface area contributed by atoms with Crippen LogP contribution in [0.1, 0.15) is 25.7 Å². The Hall–Kier alpha value is -2.35. The molecule has 156 valence electrons. The highest BCUT2D eigenvalue weighted by atomic mass is 35.5. The Morgan fingerprint density at radius 1 is 1.13 bits per heavy atom. The molecule has 2 aromatic carbocycles. The first-order valence-electron chi connectivity index (χ1n) is 9.79. The van der Waals surface area contributed by atoms with Gasteiger partial charge < -0.3 is 20.5 Å². The van der Waals surface area contributed by atoms with Crippen LogP contribution in [0, 0.1) is 5.82 Å². The number of aromatic nitrogens is 2. The second kappa shape index (κ2) is 7.72. The number of halogens is 3. The topological polar surface area (TPSA) is 79.3 Å². The summed E-state index contributed by atoms with van der Waals surface area (Å²) in [6.07, 6.45) is 5.49. The van der Waals surface area contributed by atoms with Crippen LogP contribution in [-0.2, 0) is 0 Å². The van der Waals surface area contributed by atoms with Gasteiger partial charge in [0.25, 0.3) is 0 Å². The minimum Gasteiger partial charge on any atom is -0.504 e. The van der Waals surface area contributed by atoms with Crippen molar-refractivity contribution in [3.63, 3.8) is 0 Å². The zero-order valence-corrected chi connectivity index (χ0v) is 17.3. The molecule has 2 aliphatic heterocycles. The number of rotatable bonds is 4. The summed E-state index contributed by atoms with van der Waals surface area (Å²) in [6, 6.07) is 7.14.